The van der Waals surface area contributed by atoms with Crippen LogP contribution in [0.15, 0.2) is 43.2 Å². The topological polar surface area (TPSA) is 132 Å². The fourth-order valence-corrected chi connectivity index (χ4v) is 9.09. The van der Waals surface area contributed by atoms with Crippen LogP contribution in [0.2, 0.25) is 51.4 Å². The Labute approximate surface area is 340 Å². The van der Waals surface area contributed by atoms with Gasteiger partial charge in [-0.1, -0.05) is 45.3 Å². The molecule has 1 N–H and O–H groups in total. The van der Waals surface area contributed by atoms with Crippen LogP contribution in [0.5, 0.6) is 0 Å². The number of carbonyl (C=O) groups excluding carboxylic acids is 1. The molecule has 15 heteroatoms. The van der Waals surface area contributed by atoms with Crippen LogP contribution >= 0.6 is 0 Å². The number of amides is 1. The Balaban J connectivity index is 1.47. The maximum absolute atomic E-state index is 13.5. The molecule has 57 heavy (non-hydrogen) atoms. The number of aromatic amines is 1. The molecule has 2 saturated heterocycles. The average molecular weight is 817 g/mol. The van der Waals surface area contributed by atoms with Crippen molar-refractivity contribution in [2.24, 2.45) is 0 Å². The minimum absolute atomic E-state index is 0.0578. The van der Waals surface area contributed by atoms with E-state index in [9.17, 15) is 4.79 Å². The third-order valence-corrected chi connectivity index (χ3v) is 13.9. The van der Waals surface area contributed by atoms with E-state index in [-0.39, 0.29) is 24.1 Å². The summed E-state index contributed by atoms with van der Waals surface area (Å²) in [6, 6.07) is 6.23. The van der Waals surface area contributed by atoms with Gasteiger partial charge >= 0.3 is 6.09 Å². The van der Waals surface area contributed by atoms with Crippen LogP contribution in [0.25, 0.3) is 34.4 Å². The lowest BCUT2D eigenvalue weighted by molar-refractivity contribution is 0.00568. The van der Waals surface area contributed by atoms with Crippen molar-refractivity contribution in [2.45, 2.75) is 128 Å². The highest BCUT2D eigenvalue weighted by molar-refractivity contribution is 6.76. The fourth-order valence-electron chi connectivity index (χ4n) is 7.58. The Morgan fingerprint density at radius 2 is 1.63 bits per heavy atom. The first-order valence-electron chi connectivity index (χ1n) is 20.6. The molecule has 0 radical (unpaired) electrons. The molecule has 2 aliphatic heterocycles. The molecule has 1 amide bonds. The van der Waals surface area contributed by atoms with Crippen LogP contribution in [-0.2, 0) is 18.9 Å². The van der Waals surface area contributed by atoms with Crippen LogP contribution in [0.1, 0.15) is 70.6 Å². The summed E-state index contributed by atoms with van der Waals surface area (Å²) in [4.78, 5) is 35.5. The van der Waals surface area contributed by atoms with E-state index in [1.54, 1.807) is 18.7 Å². The van der Waals surface area contributed by atoms with Gasteiger partial charge in [0.2, 0.25) is 0 Å². The Hall–Kier alpha value is -4.06. The summed E-state index contributed by atoms with van der Waals surface area (Å²) in [6.07, 6.45) is 14.2. The molecule has 0 spiro atoms. The fraction of sp³-hybridized carbons (Fsp3) is 0.595. The molecule has 2 fully saturated rings. The van der Waals surface area contributed by atoms with Crippen molar-refractivity contribution < 1.29 is 23.7 Å². The first-order chi connectivity index (χ1) is 27.0. The molecule has 1 unspecified atom stereocenters. The molecule has 0 aliphatic carbocycles. The van der Waals surface area contributed by atoms with Gasteiger partial charge in [-0.05, 0) is 77.6 Å². The second-order valence-electron chi connectivity index (χ2n) is 18.8. The lowest BCUT2D eigenvalue weighted by atomic mass is 9.86. The molecular formula is C42H64N8O5Si2. The van der Waals surface area contributed by atoms with E-state index in [1.165, 1.54) is 0 Å². The van der Waals surface area contributed by atoms with E-state index in [4.69, 9.17) is 34.0 Å². The van der Waals surface area contributed by atoms with Gasteiger partial charge in [-0.25, -0.2) is 14.8 Å². The van der Waals surface area contributed by atoms with Gasteiger partial charge in [-0.15, -0.1) is 0 Å². The van der Waals surface area contributed by atoms with Gasteiger partial charge in [-0.3, -0.25) is 4.98 Å². The number of pyridine rings is 1. The number of anilines is 1. The van der Waals surface area contributed by atoms with Gasteiger partial charge in [0.25, 0.3) is 0 Å². The molecule has 2 bridgehead atoms. The Morgan fingerprint density at radius 1 is 0.965 bits per heavy atom. The van der Waals surface area contributed by atoms with E-state index in [0.717, 1.165) is 77.3 Å². The molecule has 6 heterocycles. The minimum atomic E-state index is -1.33. The third-order valence-electron chi connectivity index (χ3n) is 10.5. The zero-order chi connectivity index (χ0) is 41.0. The van der Waals surface area contributed by atoms with Crippen LogP contribution in [0.3, 0.4) is 0 Å². The van der Waals surface area contributed by atoms with Gasteiger partial charge in [0.15, 0.2) is 11.5 Å². The molecule has 13 nitrogen and oxygen atoms in total. The van der Waals surface area contributed by atoms with E-state index in [0.29, 0.717) is 39.1 Å². The normalized spacial score (nSPS) is 18.8. The maximum atomic E-state index is 13.5. The highest BCUT2D eigenvalue weighted by Gasteiger charge is 2.46. The highest BCUT2D eigenvalue weighted by atomic mass is 28.3. The summed E-state index contributed by atoms with van der Waals surface area (Å²) in [5, 5.41) is 5.03. The lowest BCUT2D eigenvalue weighted by Gasteiger charge is -2.40. The van der Waals surface area contributed by atoms with Crippen molar-refractivity contribution >= 4 is 39.8 Å². The SMILES string of the molecule is CCOC=Cc1c(C2C[C@H]3CC[C@@H](C2)N3C(=O)OC(C)(C)C)nc2c(-c3ccc(-c4ncc[nH]4)nc3)cnn2c1N(COCC[Si](C)(C)C)COCC[Si](C)(C)C. The average Bonchev–Trinajstić information content (AvgIpc) is 3.88. The third kappa shape index (κ3) is 10.9. The van der Waals surface area contributed by atoms with Crippen molar-refractivity contribution in [3.8, 4) is 22.6 Å². The van der Waals surface area contributed by atoms with E-state index >= 15 is 0 Å². The van der Waals surface area contributed by atoms with Crippen molar-refractivity contribution in [3.05, 3.63) is 54.4 Å². The van der Waals surface area contributed by atoms with Crippen LogP contribution in [0, 0.1) is 0 Å². The molecule has 3 atom stereocenters. The van der Waals surface area contributed by atoms with Gasteiger partial charge < -0.3 is 33.7 Å². The second kappa shape index (κ2) is 17.8. The van der Waals surface area contributed by atoms with Crippen molar-refractivity contribution in [3.63, 3.8) is 0 Å². The Kier molecular flexibility index (Phi) is 13.3. The van der Waals surface area contributed by atoms with Crippen molar-refractivity contribution in [1.29, 1.82) is 0 Å². The molecule has 0 aromatic carbocycles. The van der Waals surface area contributed by atoms with Crippen molar-refractivity contribution in [2.75, 3.05) is 38.2 Å². The molecule has 310 valence electrons. The zero-order valence-corrected chi connectivity index (χ0v) is 37.8. The van der Waals surface area contributed by atoms with Crippen molar-refractivity contribution in [1.82, 2.24) is 34.4 Å². The maximum Gasteiger partial charge on any atom is 0.410 e. The number of hydrogen-bond donors (Lipinski definition) is 1. The number of aromatic nitrogens is 6. The number of rotatable bonds is 17. The van der Waals surface area contributed by atoms with Gasteiger partial charge in [0.1, 0.15) is 30.6 Å². The molecular weight excluding hydrogens is 753 g/mol. The standard InChI is InChI=1S/C42H64N8O5Si2/c1-11-52-19-16-34-37(31-24-32-13-14-33(25-31)49(32)41(51)55-42(2,3)4)47-39-35(30-12-15-36(45-26-30)38-43-17-18-44-38)27-46-50(39)40(34)48(28-53-20-22-56(5,6)7)29-54-21-23-57(8,9)10/h12,15-19,26-27,31-33H,11,13-14,20-25,28-29H2,1-10H3,(H,43,44)/t31?,32-,33+. The largest absolute Gasteiger partial charge is 0.501 e. The van der Waals surface area contributed by atoms with Crippen LogP contribution in [0.4, 0.5) is 10.6 Å². The molecule has 6 rings (SSSR count). The number of nitrogens with zero attached hydrogens (tertiary/aromatic N) is 7. The number of imidazole rings is 1. The molecule has 2 aliphatic rings. The summed E-state index contributed by atoms with van der Waals surface area (Å²) in [5.41, 5.74) is 4.53. The Bertz CT molecular complexity index is 1930. The summed E-state index contributed by atoms with van der Waals surface area (Å²) >= 11 is 0. The number of nitrogens with one attached hydrogen (secondary N) is 1. The number of piperidine rings is 1. The molecule has 0 saturated carbocycles. The lowest BCUT2D eigenvalue weighted by Crippen LogP contribution is -2.48. The van der Waals surface area contributed by atoms with E-state index in [1.807, 2.05) is 67.7 Å². The zero-order valence-electron chi connectivity index (χ0n) is 35.8. The minimum Gasteiger partial charge on any atom is -0.501 e. The predicted octanol–water partition coefficient (Wildman–Crippen LogP) is 9.27. The van der Waals surface area contributed by atoms with Crippen LogP contribution in [-0.4, -0.2) is 108 Å². The van der Waals surface area contributed by atoms with Crippen LogP contribution < -0.4 is 4.90 Å². The first-order valence-corrected chi connectivity index (χ1v) is 28.0. The van der Waals surface area contributed by atoms with Gasteiger partial charge in [0.05, 0.1) is 24.8 Å². The quantitative estimate of drug-likeness (QED) is 0.0476. The summed E-state index contributed by atoms with van der Waals surface area (Å²) in [7, 11) is -2.67. The number of ether oxygens (including phenoxy) is 4. The number of fused-ring (bicyclic) bond motifs is 3. The predicted molar refractivity (Wildman–Crippen MR) is 232 cm³/mol. The first kappa shape index (κ1) is 42.5. The Morgan fingerprint density at radius 3 is 2.18 bits per heavy atom. The van der Waals surface area contributed by atoms with Gasteiger partial charge in [0, 0.05) is 82.6 Å². The number of carbonyl (C=O) groups is 1. The summed E-state index contributed by atoms with van der Waals surface area (Å²) in [5.74, 6) is 1.61. The molecule has 4 aromatic heterocycles. The summed E-state index contributed by atoms with van der Waals surface area (Å²) < 4.78 is 26.7. The summed E-state index contributed by atoms with van der Waals surface area (Å²) in [6.45, 7) is 24.5. The monoisotopic (exact) mass is 816 g/mol. The van der Waals surface area contributed by atoms with E-state index in [2.05, 4.69) is 54.1 Å². The second-order valence-corrected chi connectivity index (χ2v) is 30.1. The smallest absolute Gasteiger partial charge is 0.410 e. The number of hydrogen-bond acceptors (Lipinski definition) is 10. The molecule has 4 aromatic rings. The van der Waals surface area contributed by atoms with E-state index < -0.39 is 21.7 Å². The number of H-pyrrole nitrogens is 1. The van der Waals surface area contributed by atoms with Gasteiger partial charge in [-0.2, -0.15) is 9.61 Å². The highest BCUT2D eigenvalue weighted by Crippen LogP contribution is 2.46.